The molecule has 4 rings (SSSR count). The maximum absolute atomic E-state index is 12.4. The lowest BCUT2D eigenvalue weighted by molar-refractivity contribution is 0.0603. The van der Waals surface area contributed by atoms with E-state index in [2.05, 4.69) is 16.7 Å². The normalized spacial score (nSPS) is 13.2. The van der Waals surface area contributed by atoms with Crippen molar-refractivity contribution in [2.45, 2.75) is 46.5 Å². The van der Waals surface area contributed by atoms with Gasteiger partial charge in [0, 0.05) is 11.5 Å². The van der Waals surface area contributed by atoms with Crippen LogP contribution in [0.4, 0.5) is 0 Å². The van der Waals surface area contributed by atoms with E-state index >= 15 is 0 Å². The minimum absolute atomic E-state index is 0.124. The summed E-state index contributed by atoms with van der Waals surface area (Å²) in [4.78, 5) is 17.0. The molecular formula is C21H25N3O4. The number of rotatable bonds is 4. The molecule has 3 aromatic rings. The second kappa shape index (κ2) is 7.50. The monoisotopic (exact) mass is 383 g/mol. The first-order chi connectivity index (χ1) is 13.4. The third-order valence-electron chi connectivity index (χ3n) is 4.71. The number of hydrogen-bond acceptors (Lipinski definition) is 6. The minimum Gasteiger partial charge on any atom is -0.495 e. The van der Waals surface area contributed by atoms with E-state index in [1.54, 1.807) is 10.6 Å². The largest absolute Gasteiger partial charge is 0.495 e. The number of hydrogen-bond donors (Lipinski definition) is 1. The Morgan fingerprint density at radius 2 is 2.00 bits per heavy atom. The van der Waals surface area contributed by atoms with Gasteiger partial charge in [-0.3, -0.25) is 4.57 Å². The van der Waals surface area contributed by atoms with E-state index < -0.39 is 5.97 Å². The van der Waals surface area contributed by atoms with Crippen LogP contribution in [0.15, 0.2) is 23.2 Å². The van der Waals surface area contributed by atoms with Gasteiger partial charge in [0.15, 0.2) is 5.88 Å². The van der Waals surface area contributed by atoms with Crippen molar-refractivity contribution in [3.63, 3.8) is 0 Å². The quantitative estimate of drug-likeness (QED) is 0.504. The van der Waals surface area contributed by atoms with Crippen LogP contribution in [0.25, 0.3) is 28.0 Å². The Kier molecular flexibility index (Phi) is 5.27. The average molecular weight is 383 g/mol. The summed E-state index contributed by atoms with van der Waals surface area (Å²) in [6, 6.07) is 3.60. The topological polar surface area (TPSA) is 90.4 Å². The highest BCUT2D eigenvalue weighted by Crippen LogP contribution is 2.42. The van der Waals surface area contributed by atoms with Crippen molar-refractivity contribution in [3.05, 3.63) is 41.6 Å². The van der Waals surface area contributed by atoms with E-state index in [-0.39, 0.29) is 11.8 Å². The van der Waals surface area contributed by atoms with Crippen molar-refractivity contribution in [1.82, 2.24) is 14.7 Å². The maximum atomic E-state index is 12.4. The lowest BCUT2D eigenvalue weighted by Crippen LogP contribution is -2.04. The lowest BCUT2D eigenvalue weighted by Gasteiger charge is -2.09. The fourth-order valence-corrected chi connectivity index (χ4v) is 3.39. The molecule has 0 unspecified atom stereocenters. The van der Waals surface area contributed by atoms with Gasteiger partial charge in [-0.2, -0.15) is 0 Å². The number of esters is 1. The number of methoxy groups -OCH3 is 1. The molecule has 1 N–H and O–H groups in total. The standard InChI is InChI=1S/C19H19N3O4.C2H6/c1-9-16(10(2)26-21-9)13-7-14(19(24)25-4)17-15(8-13)22(11(3)23)18(20-17)12-5-6-12;1-2/h7-8,12,23H,3,5-6H2,1-2,4H3;1-2H3. The summed E-state index contributed by atoms with van der Waals surface area (Å²) in [5.41, 5.74) is 3.71. The number of carbonyl (C=O) groups is 1. The molecule has 148 valence electrons. The van der Waals surface area contributed by atoms with Crippen molar-refractivity contribution >= 4 is 22.9 Å². The number of aryl methyl sites for hydroxylation is 2. The second-order valence-corrected chi connectivity index (χ2v) is 6.58. The smallest absolute Gasteiger partial charge is 0.340 e. The van der Waals surface area contributed by atoms with Gasteiger partial charge in [-0.1, -0.05) is 19.0 Å². The molecule has 0 atom stereocenters. The highest BCUT2D eigenvalue weighted by atomic mass is 16.5. The van der Waals surface area contributed by atoms with Crippen molar-refractivity contribution in [3.8, 4) is 11.1 Å². The van der Waals surface area contributed by atoms with Crippen LogP contribution < -0.4 is 0 Å². The first kappa shape index (κ1) is 19.7. The number of nitrogens with zero attached hydrogens (tertiary/aromatic N) is 3. The molecule has 0 amide bonds. The molecule has 1 aromatic carbocycles. The number of aliphatic hydroxyl groups excluding tert-OH is 1. The molecule has 1 fully saturated rings. The highest BCUT2D eigenvalue weighted by Gasteiger charge is 2.32. The molecule has 7 nitrogen and oxygen atoms in total. The number of aromatic nitrogens is 3. The Morgan fingerprint density at radius 3 is 2.50 bits per heavy atom. The SMILES string of the molecule is C=C(O)n1c(C2CC2)nc2c(C(=O)OC)cc(-c3c(C)noc3C)cc21.CC. The third-order valence-corrected chi connectivity index (χ3v) is 4.71. The zero-order chi connectivity index (χ0) is 20.6. The molecule has 1 saturated carbocycles. The fourth-order valence-electron chi connectivity index (χ4n) is 3.39. The minimum atomic E-state index is -0.487. The summed E-state index contributed by atoms with van der Waals surface area (Å²) in [6.45, 7) is 11.3. The molecule has 0 aliphatic heterocycles. The Labute approximate surface area is 163 Å². The van der Waals surface area contributed by atoms with E-state index in [9.17, 15) is 9.90 Å². The predicted molar refractivity (Wildman–Crippen MR) is 107 cm³/mol. The summed E-state index contributed by atoms with van der Waals surface area (Å²) < 4.78 is 11.8. The summed E-state index contributed by atoms with van der Waals surface area (Å²) in [5.74, 6) is 1.02. The Balaban J connectivity index is 0.00000109. The summed E-state index contributed by atoms with van der Waals surface area (Å²) in [7, 11) is 1.33. The molecule has 2 heterocycles. The number of aliphatic hydroxyl groups is 1. The van der Waals surface area contributed by atoms with Gasteiger partial charge in [0.1, 0.15) is 17.1 Å². The molecule has 1 aliphatic rings. The predicted octanol–water partition coefficient (Wildman–Crippen LogP) is 4.98. The summed E-state index contributed by atoms with van der Waals surface area (Å²) in [6.07, 6.45) is 2.00. The molecule has 28 heavy (non-hydrogen) atoms. The van der Waals surface area contributed by atoms with E-state index in [0.717, 1.165) is 24.0 Å². The molecule has 0 bridgehead atoms. The molecular weight excluding hydrogens is 358 g/mol. The van der Waals surface area contributed by atoms with Crippen LogP contribution >= 0.6 is 0 Å². The molecule has 1 aliphatic carbocycles. The Morgan fingerprint density at radius 1 is 1.32 bits per heavy atom. The molecule has 0 spiro atoms. The van der Waals surface area contributed by atoms with Gasteiger partial charge in [0.25, 0.3) is 0 Å². The van der Waals surface area contributed by atoms with Crippen molar-refractivity contribution in [2.24, 2.45) is 0 Å². The molecule has 7 heteroatoms. The summed E-state index contributed by atoms with van der Waals surface area (Å²) in [5, 5.41) is 14.2. The van der Waals surface area contributed by atoms with Crippen LogP contribution in [0.2, 0.25) is 0 Å². The first-order valence-corrected chi connectivity index (χ1v) is 9.38. The first-order valence-electron chi connectivity index (χ1n) is 9.38. The zero-order valence-corrected chi connectivity index (χ0v) is 16.9. The van der Waals surface area contributed by atoms with E-state index in [4.69, 9.17) is 9.26 Å². The second-order valence-electron chi connectivity index (χ2n) is 6.58. The number of ether oxygens (including phenoxy) is 1. The van der Waals surface area contributed by atoms with Gasteiger partial charge >= 0.3 is 5.97 Å². The van der Waals surface area contributed by atoms with Gasteiger partial charge in [0.05, 0.1) is 23.9 Å². The van der Waals surface area contributed by atoms with Crippen molar-refractivity contribution < 1.29 is 19.2 Å². The zero-order valence-electron chi connectivity index (χ0n) is 16.9. The van der Waals surface area contributed by atoms with E-state index in [0.29, 0.717) is 33.9 Å². The van der Waals surface area contributed by atoms with Gasteiger partial charge < -0.3 is 14.4 Å². The van der Waals surface area contributed by atoms with Crippen LogP contribution in [-0.2, 0) is 4.74 Å². The van der Waals surface area contributed by atoms with Gasteiger partial charge in [-0.25, -0.2) is 9.78 Å². The van der Waals surface area contributed by atoms with Crippen LogP contribution in [0.5, 0.6) is 0 Å². The third kappa shape index (κ3) is 3.17. The van der Waals surface area contributed by atoms with Gasteiger partial charge in [-0.05, 0) is 51.0 Å². The van der Waals surface area contributed by atoms with Crippen molar-refractivity contribution in [1.29, 1.82) is 0 Å². The number of fused-ring (bicyclic) bond motifs is 1. The molecule has 2 aromatic heterocycles. The molecule has 0 radical (unpaired) electrons. The van der Waals surface area contributed by atoms with E-state index in [1.165, 1.54) is 7.11 Å². The Hall–Kier alpha value is -3.09. The lowest BCUT2D eigenvalue weighted by atomic mass is 10.0. The maximum Gasteiger partial charge on any atom is 0.340 e. The molecule has 0 saturated heterocycles. The summed E-state index contributed by atoms with van der Waals surface area (Å²) >= 11 is 0. The van der Waals surface area contributed by atoms with Gasteiger partial charge in [-0.15, -0.1) is 0 Å². The highest BCUT2D eigenvalue weighted by molar-refractivity contribution is 6.05. The van der Waals surface area contributed by atoms with Crippen LogP contribution in [0.3, 0.4) is 0 Å². The average Bonchev–Trinajstić information content (AvgIpc) is 3.38. The van der Waals surface area contributed by atoms with Crippen LogP contribution in [0.1, 0.15) is 60.2 Å². The van der Waals surface area contributed by atoms with E-state index in [1.807, 2.05) is 33.8 Å². The fraction of sp³-hybridized carbons (Fsp3) is 0.381. The van der Waals surface area contributed by atoms with Crippen LogP contribution in [0, 0.1) is 13.8 Å². The van der Waals surface area contributed by atoms with Crippen LogP contribution in [-0.4, -0.2) is 32.9 Å². The number of carbonyl (C=O) groups excluding carboxylic acids is 1. The Bertz CT molecular complexity index is 1040. The van der Waals surface area contributed by atoms with Gasteiger partial charge in [0.2, 0.25) is 0 Å². The van der Waals surface area contributed by atoms with Crippen molar-refractivity contribution in [2.75, 3.05) is 7.11 Å². The number of imidazole rings is 1. The number of benzene rings is 1.